The van der Waals surface area contributed by atoms with Gasteiger partial charge in [-0.2, -0.15) is 5.26 Å². The molecule has 1 aromatic carbocycles. The Hall–Kier alpha value is -1.83. The van der Waals surface area contributed by atoms with Gasteiger partial charge in [0.1, 0.15) is 11.9 Å². The Kier molecular flexibility index (Phi) is 4.20. The number of benzene rings is 1. The Morgan fingerprint density at radius 2 is 2.05 bits per heavy atom. The molecule has 1 unspecified atom stereocenters. The van der Waals surface area contributed by atoms with E-state index in [1.165, 1.54) is 0 Å². The molecule has 0 radical (unpaired) electrons. The third-order valence-electron chi connectivity index (χ3n) is 2.92. The molecule has 2 N–H and O–H groups in total. The van der Waals surface area contributed by atoms with Crippen LogP contribution < -0.4 is 10.5 Å². The first-order valence-corrected chi connectivity index (χ1v) is 6.95. The van der Waals surface area contributed by atoms with E-state index in [9.17, 15) is 0 Å². The number of aryl methyl sites for hydroxylation is 2. The molecule has 1 heterocycles. The number of hydrogen-bond acceptors (Lipinski definition) is 4. The lowest BCUT2D eigenvalue weighted by atomic mass is 10.1. The third-order valence-corrected chi connectivity index (χ3v) is 3.89. The molecular formula is C15H16N2OS. The van der Waals surface area contributed by atoms with Crippen molar-refractivity contribution in [3.63, 3.8) is 0 Å². The molecule has 2 aromatic rings. The van der Waals surface area contributed by atoms with Crippen LogP contribution in [0.2, 0.25) is 0 Å². The standard InChI is InChI=1S/C15H16N2OS/c1-10-6-12(8-16)7-11(2)15(10)18-13(9-17)14-4-3-5-19-14/h3-7,13H,9,17H2,1-2H3. The van der Waals surface area contributed by atoms with E-state index in [4.69, 9.17) is 15.7 Å². The van der Waals surface area contributed by atoms with E-state index in [0.717, 1.165) is 21.8 Å². The second-order valence-corrected chi connectivity index (χ2v) is 5.39. The van der Waals surface area contributed by atoms with Gasteiger partial charge in [-0.25, -0.2) is 0 Å². The molecule has 1 aromatic heterocycles. The zero-order chi connectivity index (χ0) is 13.8. The predicted molar refractivity (Wildman–Crippen MR) is 77.4 cm³/mol. The summed E-state index contributed by atoms with van der Waals surface area (Å²) in [5.74, 6) is 0.822. The number of nitriles is 1. The van der Waals surface area contributed by atoms with E-state index in [1.807, 2.05) is 43.5 Å². The Labute approximate surface area is 117 Å². The van der Waals surface area contributed by atoms with Crippen LogP contribution in [0.3, 0.4) is 0 Å². The van der Waals surface area contributed by atoms with Crippen molar-refractivity contribution < 1.29 is 4.74 Å². The summed E-state index contributed by atoms with van der Waals surface area (Å²) in [4.78, 5) is 1.12. The zero-order valence-electron chi connectivity index (χ0n) is 11.0. The molecule has 0 aliphatic heterocycles. The Balaban J connectivity index is 2.30. The molecular weight excluding hydrogens is 256 g/mol. The molecule has 2 rings (SSSR count). The molecule has 3 nitrogen and oxygen atoms in total. The summed E-state index contributed by atoms with van der Waals surface area (Å²) < 4.78 is 6.05. The largest absolute Gasteiger partial charge is 0.483 e. The number of thiophene rings is 1. The maximum absolute atomic E-state index is 8.95. The van der Waals surface area contributed by atoms with Gasteiger partial charge in [0.2, 0.25) is 0 Å². The van der Waals surface area contributed by atoms with Crippen LogP contribution in [-0.2, 0) is 0 Å². The van der Waals surface area contributed by atoms with Crippen LogP contribution in [0.4, 0.5) is 0 Å². The highest BCUT2D eigenvalue weighted by molar-refractivity contribution is 7.10. The van der Waals surface area contributed by atoms with Gasteiger partial charge in [-0.15, -0.1) is 11.3 Å². The van der Waals surface area contributed by atoms with Crippen LogP contribution in [0.1, 0.15) is 27.7 Å². The lowest BCUT2D eigenvalue weighted by molar-refractivity contribution is 0.215. The summed E-state index contributed by atoms with van der Waals surface area (Å²) in [6.45, 7) is 4.33. The highest BCUT2D eigenvalue weighted by Gasteiger charge is 2.15. The summed E-state index contributed by atoms with van der Waals surface area (Å²) in [5, 5.41) is 11.0. The average Bonchev–Trinajstić information content (AvgIpc) is 2.91. The number of nitrogens with two attached hydrogens (primary N) is 1. The fraction of sp³-hybridized carbons (Fsp3) is 0.267. The molecule has 0 bridgehead atoms. The van der Waals surface area contributed by atoms with Gasteiger partial charge in [0.05, 0.1) is 11.6 Å². The van der Waals surface area contributed by atoms with Gasteiger partial charge >= 0.3 is 0 Å². The molecule has 19 heavy (non-hydrogen) atoms. The summed E-state index contributed by atoms with van der Waals surface area (Å²) in [6, 6.07) is 9.84. The lowest BCUT2D eigenvalue weighted by Gasteiger charge is -2.19. The zero-order valence-corrected chi connectivity index (χ0v) is 11.8. The van der Waals surface area contributed by atoms with Crippen molar-refractivity contribution >= 4 is 11.3 Å². The highest BCUT2D eigenvalue weighted by Crippen LogP contribution is 2.30. The van der Waals surface area contributed by atoms with E-state index in [-0.39, 0.29) is 6.10 Å². The van der Waals surface area contributed by atoms with Gasteiger partial charge in [0, 0.05) is 11.4 Å². The molecule has 0 fully saturated rings. The smallest absolute Gasteiger partial charge is 0.145 e. The summed E-state index contributed by atoms with van der Waals surface area (Å²) in [5.41, 5.74) is 8.38. The minimum Gasteiger partial charge on any atom is -0.483 e. The first-order chi connectivity index (χ1) is 9.15. The second-order valence-electron chi connectivity index (χ2n) is 4.41. The maximum atomic E-state index is 8.95. The van der Waals surface area contributed by atoms with E-state index >= 15 is 0 Å². The van der Waals surface area contributed by atoms with Crippen molar-refractivity contribution in [1.29, 1.82) is 5.26 Å². The van der Waals surface area contributed by atoms with Gasteiger partial charge in [0.25, 0.3) is 0 Å². The summed E-state index contributed by atoms with van der Waals surface area (Å²) >= 11 is 1.64. The van der Waals surface area contributed by atoms with Crippen molar-refractivity contribution in [3.8, 4) is 11.8 Å². The first-order valence-electron chi connectivity index (χ1n) is 6.07. The quantitative estimate of drug-likeness (QED) is 0.928. The van der Waals surface area contributed by atoms with Crippen LogP contribution in [0, 0.1) is 25.2 Å². The van der Waals surface area contributed by atoms with Crippen LogP contribution in [0.15, 0.2) is 29.6 Å². The molecule has 4 heteroatoms. The first kappa shape index (κ1) is 13.6. The van der Waals surface area contributed by atoms with E-state index in [1.54, 1.807) is 11.3 Å². The number of nitrogens with zero attached hydrogens (tertiary/aromatic N) is 1. The minimum absolute atomic E-state index is 0.134. The molecule has 0 amide bonds. The monoisotopic (exact) mass is 272 g/mol. The van der Waals surface area contributed by atoms with Crippen molar-refractivity contribution in [2.24, 2.45) is 5.73 Å². The molecule has 0 aliphatic carbocycles. The van der Waals surface area contributed by atoms with Crippen molar-refractivity contribution in [1.82, 2.24) is 0 Å². The topological polar surface area (TPSA) is 59.0 Å². The number of hydrogen-bond donors (Lipinski definition) is 1. The fourth-order valence-corrected chi connectivity index (χ4v) is 2.81. The summed E-state index contributed by atoms with van der Waals surface area (Å²) in [6.07, 6.45) is -0.134. The molecule has 98 valence electrons. The van der Waals surface area contributed by atoms with Crippen LogP contribution in [0.25, 0.3) is 0 Å². The predicted octanol–water partition coefficient (Wildman–Crippen LogP) is 3.32. The SMILES string of the molecule is Cc1cc(C#N)cc(C)c1OC(CN)c1cccs1. The maximum Gasteiger partial charge on any atom is 0.145 e. The summed E-state index contributed by atoms with van der Waals surface area (Å²) in [7, 11) is 0. The van der Waals surface area contributed by atoms with Gasteiger partial charge < -0.3 is 10.5 Å². The average molecular weight is 272 g/mol. The molecule has 0 aliphatic rings. The normalized spacial score (nSPS) is 11.9. The van der Waals surface area contributed by atoms with Gasteiger partial charge in [-0.05, 0) is 48.6 Å². The van der Waals surface area contributed by atoms with Gasteiger partial charge in [-0.3, -0.25) is 0 Å². The van der Waals surface area contributed by atoms with E-state index in [0.29, 0.717) is 12.1 Å². The number of rotatable bonds is 4. The third kappa shape index (κ3) is 2.95. The second kappa shape index (κ2) is 5.87. The van der Waals surface area contributed by atoms with E-state index in [2.05, 4.69) is 6.07 Å². The van der Waals surface area contributed by atoms with E-state index < -0.39 is 0 Å². The van der Waals surface area contributed by atoms with Crippen LogP contribution >= 0.6 is 11.3 Å². The van der Waals surface area contributed by atoms with Gasteiger partial charge in [-0.1, -0.05) is 6.07 Å². The van der Waals surface area contributed by atoms with Gasteiger partial charge in [0.15, 0.2) is 0 Å². The Morgan fingerprint density at radius 3 is 2.53 bits per heavy atom. The Morgan fingerprint density at radius 1 is 1.37 bits per heavy atom. The van der Waals surface area contributed by atoms with Crippen molar-refractivity contribution in [3.05, 3.63) is 51.2 Å². The molecule has 1 atom stereocenters. The molecule has 0 saturated carbocycles. The fourth-order valence-electron chi connectivity index (χ4n) is 2.04. The minimum atomic E-state index is -0.134. The highest BCUT2D eigenvalue weighted by atomic mass is 32.1. The molecule has 0 saturated heterocycles. The lowest BCUT2D eigenvalue weighted by Crippen LogP contribution is -2.18. The molecule has 0 spiro atoms. The van der Waals surface area contributed by atoms with Crippen LogP contribution in [-0.4, -0.2) is 6.54 Å². The number of ether oxygens (including phenoxy) is 1. The Bertz CT molecular complexity index is 576. The van der Waals surface area contributed by atoms with Crippen LogP contribution in [0.5, 0.6) is 5.75 Å². The van der Waals surface area contributed by atoms with Crippen molar-refractivity contribution in [2.75, 3.05) is 6.54 Å². The van der Waals surface area contributed by atoms with Crippen molar-refractivity contribution in [2.45, 2.75) is 20.0 Å².